The molecule has 1 amide bonds. The standard InChI is InChI=1S/C18H18Cl2N2O2/c19-16-6-5-15(11-17(16)20)21-18(23)14-3-1-13(2-4-14)12-22-7-9-24-10-8-22/h1-6,11H,7-10,12H2,(H,21,23). The second kappa shape index (κ2) is 7.99. The molecule has 3 rings (SSSR count). The first-order valence-corrected chi connectivity index (χ1v) is 8.53. The van der Waals surface area contributed by atoms with Crippen LogP contribution in [0.4, 0.5) is 5.69 Å². The maximum absolute atomic E-state index is 12.3. The summed E-state index contributed by atoms with van der Waals surface area (Å²) >= 11 is 11.8. The van der Waals surface area contributed by atoms with Crippen LogP contribution in [0.15, 0.2) is 42.5 Å². The van der Waals surface area contributed by atoms with E-state index in [0.29, 0.717) is 21.3 Å². The summed E-state index contributed by atoms with van der Waals surface area (Å²) in [4.78, 5) is 14.6. The quantitative estimate of drug-likeness (QED) is 0.888. The number of halogens is 2. The Hall–Kier alpha value is -1.59. The molecule has 1 aliphatic heterocycles. The molecule has 0 radical (unpaired) electrons. The van der Waals surface area contributed by atoms with Crippen molar-refractivity contribution >= 4 is 34.8 Å². The van der Waals surface area contributed by atoms with Gasteiger partial charge in [-0.05, 0) is 35.9 Å². The predicted molar refractivity (Wildman–Crippen MR) is 97.0 cm³/mol. The van der Waals surface area contributed by atoms with Gasteiger partial charge in [0.2, 0.25) is 0 Å². The zero-order chi connectivity index (χ0) is 16.9. The Morgan fingerprint density at radius 2 is 1.75 bits per heavy atom. The summed E-state index contributed by atoms with van der Waals surface area (Å²) in [5.41, 5.74) is 2.40. The Morgan fingerprint density at radius 3 is 2.42 bits per heavy atom. The van der Waals surface area contributed by atoms with Gasteiger partial charge in [0, 0.05) is 30.9 Å². The fourth-order valence-corrected chi connectivity index (χ4v) is 2.85. The number of nitrogens with one attached hydrogen (secondary N) is 1. The molecule has 1 saturated heterocycles. The second-order valence-corrected chi connectivity index (χ2v) is 6.48. The Balaban J connectivity index is 1.61. The van der Waals surface area contributed by atoms with Gasteiger partial charge in [0.1, 0.15) is 0 Å². The molecule has 1 aliphatic rings. The highest BCUT2D eigenvalue weighted by atomic mass is 35.5. The minimum absolute atomic E-state index is 0.175. The van der Waals surface area contributed by atoms with Gasteiger partial charge in [-0.25, -0.2) is 0 Å². The van der Waals surface area contributed by atoms with E-state index < -0.39 is 0 Å². The van der Waals surface area contributed by atoms with E-state index in [0.717, 1.165) is 32.8 Å². The van der Waals surface area contributed by atoms with Crippen LogP contribution in [0.25, 0.3) is 0 Å². The number of benzene rings is 2. The van der Waals surface area contributed by atoms with Crippen molar-refractivity contribution in [2.45, 2.75) is 6.54 Å². The van der Waals surface area contributed by atoms with Crippen molar-refractivity contribution in [1.82, 2.24) is 4.90 Å². The van der Waals surface area contributed by atoms with E-state index in [-0.39, 0.29) is 5.91 Å². The van der Waals surface area contributed by atoms with Crippen LogP contribution >= 0.6 is 23.2 Å². The van der Waals surface area contributed by atoms with E-state index in [4.69, 9.17) is 27.9 Å². The molecule has 126 valence electrons. The highest BCUT2D eigenvalue weighted by Crippen LogP contribution is 2.25. The first-order chi connectivity index (χ1) is 11.6. The number of anilines is 1. The number of carbonyl (C=O) groups is 1. The maximum atomic E-state index is 12.3. The molecule has 1 fully saturated rings. The molecule has 0 aliphatic carbocycles. The van der Waals surface area contributed by atoms with E-state index in [9.17, 15) is 4.79 Å². The van der Waals surface area contributed by atoms with E-state index >= 15 is 0 Å². The van der Waals surface area contributed by atoms with Crippen LogP contribution in [0.2, 0.25) is 10.0 Å². The summed E-state index contributed by atoms with van der Waals surface area (Å²) < 4.78 is 5.35. The summed E-state index contributed by atoms with van der Waals surface area (Å²) in [6.07, 6.45) is 0. The minimum atomic E-state index is -0.175. The first kappa shape index (κ1) is 17.2. The number of amides is 1. The zero-order valence-electron chi connectivity index (χ0n) is 13.1. The van der Waals surface area contributed by atoms with Gasteiger partial charge < -0.3 is 10.1 Å². The zero-order valence-corrected chi connectivity index (χ0v) is 14.6. The van der Waals surface area contributed by atoms with E-state index in [1.54, 1.807) is 18.2 Å². The Morgan fingerprint density at radius 1 is 1.04 bits per heavy atom. The molecule has 2 aromatic rings. The van der Waals surface area contributed by atoms with Crippen LogP contribution in [-0.4, -0.2) is 37.1 Å². The lowest BCUT2D eigenvalue weighted by molar-refractivity contribution is 0.0342. The van der Waals surface area contributed by atoms with Gasteiger partial charge in [-0.2, -0.15) is 0 Å². The molecule has 24 heavy (non-hydrogen) atoms. The Kier molecular flexibility index (Phi) is 5.74. The molecule has 6 heteroatoms. The van der Waals surface area contributed by atoms with Crippen molar-refractivity contribution < 1.29 is 9.53 Å². The third-order valence-corrected chi connectivity index (χ3v) is 4.64. The van der Waals surface area contributed by atoms with Gasteiger partial charge in [-0.1, -0.05) is 35.3 Å². The van der Waals surface area contributed by atoms with Gasteiger partial charge in [-0.15, -0.1) is 0 Å². The molecule has 1 heterocycles. The maximum Gasteiger partial charge on any atom is 0.255 e. The number of ether oxygens (including phenoxy) is 1. The average Bonchev–Trinajstić information content (AvgIpc) is 2.60. The summed E-state index contributed by atoms with van der Waals surface area (Å²) in [5.74, 6) is -0.175. The molecule has 0 aromatic heterocycles. The van der Waals surface area contributed by atoms with Gasteiger partial charge in [0.05, 0.1) is 23.3 Å². The van der Waals surface area contributed by atoms with Gasteiger partial charge in [0.25, 0.3) is 5.91 Å². The Bertz CT molecular complexity index is 713. The van der Waals surface area contributed by atoms with E-state index in [2.05, 4.69) is 10.2 Å². The number of morpholine rings is 1. The highest BCUT2D eigenvalue weighted by Gasteiger charge is 2.12. The molecule has 0 bridgehead atoms. The third-order valence-electron chi connectivity index (χ3n) is 3.90. The number of hydrogen-bond acceptors (Lipinski definition) is 3. The monoisotopic (exact) mass is 364 g/mol. The summed E-state index contributed by atoms with van der Waals surface area (Å²) in [7, 11) is 0. The molecular formula is C18H18Cl2N2O2. The summed E-state index contributed by atoms with van der Waals surface area (Å²) in [5, 5.41) is 3.69. The van der Waals surface area contributed by atoms with Crippen molar-refractivity contribution in [3.05, 3.63) is 63.6 Å². The van der Waals surface area contributed by atoms with Crippen LogP contribution < -0.4 is 5.32 Å². The second-order valence-electron chi connectivity index (χ2n) is 5.67. The first-order valence-electron chi connectivity index (χ1n) is 7.77. The van der Waals surface area contributed by atoms with Crippen LogP contribution in [-0.2, 0) is 11.3 Å². The molecule has 2 aromatic carbocycles. The lowest BCUT2D eigenvalue weighted by Crippen LogP contribution is -2.35. The van der Waals surface area contributed by atoms with Crippen LogP contribution in [0.3, 0.4) is 0 Å². The largest absolute Gasteiger partial charge is 0.379 e. The SMILES string of the molecule is O=C(Nc1ccc(Cl)c(Cl)c1)c1ccc(CN2CCOCC2)cc1. The fourth-order valence-electron chi connectivity index (χ4n) is 2.56. The van der Waals surface area contributed by atoms with Gasteiger partial charge in [0.15, 0.2) is 0 Å². The number of carbonyl (C=O) groups excluding carboxylic acids is 1. The molecule has 0 spiro atoms. The molecule has 0 atom stereocenters. The van der Waals surface area contributed by atoms with Crippen molar-refractivity contribution in [1.29, 1.82) is 0 Å². The predicted octanol–water partition coefficient (Wildman–Crippen LogP) is 4.08. The molecule has 1 N–H and O–H groups in total. The lowest BCUT2D eigenvalue weighted by Gasteiger charge is -2.26. The van der Waals surface area contributed by atoms with Crippen molar-refractivity contribution in [2.24, 2.45) is 0 Å². The normalized spacial score (nSPS) is 15.2. The Labute approximate surface area is 151 Å². The fraction of sp³-hybridized carbons (Fsp3) is 0.278. The van der Waals surface area contributed by atoms with E-state index in [1.807, 2.05) is 24.3 Å². The molecular weight excluding hydrogens is 347 g/mol. The molecule has 4 nitrogen and oxygen atoms in total. The summed E-state index contributed by atoms with van der Waals surface area (Å²) in [6.45, 7) is 4.32. The number of rotatable bonds is 4. The minimum Gasteiger partial charge on any atom is -0.379 e. The van der Waals surface area contributed by atoms with Crippen molar-refractivity contribution in [3.63, 3.8) is 0 Å². The van der Waals surface area contributed by atoms with Crippen LogP contribution in [0, 0.1) is 0 Å². The van der Waals surface area contributed by atoms with Crippen molar-refractivity contribution in [2.75, 3.05) is 31.6 Å². The highest BCUT2D eigenvalue weighted by molar-refractivity contribution is 6.42. The average molecular weight is 365 g/mol. The number of nitrogens with zero attached hydrogens (tertiary/aromatic N) is 1. The smallest absolute Gasteiger partial charge is 0.255 e. The van der Waals surface area contributed by atoms with Gasteiger partial charge >= 0.3 is 0 Å². The lowest BCUT2D eigenvalue weighted by atomic mass is 10.1. The van der Waals surface area contributed by atoms with E-state index in [1.165, 1.54) is 5.56 Å². The topological polar surface area (TPSA) is 41.6 Å². The molecule has 0 saturated carbocycles. The summed E-state index contributed by atoms with van der Waals surface area (Å²) in [6, 6.07) is 12.7. The van der Waals surface area contributed by atoms with Crippen LogP contribution in [0.5, 0.6) is 0 Å². The van der Waals surface area contributed by atoms with Crippen LogP contribution in [0.1, 0.15) is 15.9 Å². The van der Waals surface area contributed by atoms with Crippen molar-refractivity contribution in [3.8, 4) is 0 Å². The third kappa shape index (κ3) is 4.48. The van der Waals surface area contributed by atoms with Gasteiger partial charge in [-0.3, -0.25) is 9.69 Å². The molecule has 0 unspecified atom stereocenters. The number of hydrogen-bond donors (Lipinski definition) is 1.